The van der Waals surface area contributed by atoms with Crippen molar-refractivity contribution in [2.75, 3.05) is 12.9 Å². The van der Waals surface area contributed by atoms with Crippen LogP contribution in [0.5, 0.6) is 0 Å². The maximum absolute atomic E-state index is 12.1. The maximum Gasteiger partial charge on any atom is 0.323 e. The lowest BCUT2D eigenvalue weighted by Gasteiger charge is -2.18. The van der Waals surface area contributed by atoms with Crippen LogP contribution in [0.15, 0.2) is 30.3 Å². The molecule has 0 spiro atoms. The molecule has 1 atom stereocenters. The molecule has 0 aliphatic rings. The van der Waals surface area contributed by atoms with E-state index in [2.05, 4.69) is 9.46 Å². The van der Waals surface area contributed by atoms with Crippen LogP contribution < -0.4 is 4.72 Å². The van der Waals surface area contributed by atoms with E-state index in [-0.39, 0.29) is 11.7 Å². The van der Waals surface area contributed by atoms with Crippen LogP contribution >= 0.6 is 0 Å². The summed E-state index contributed by atoms with van der Waals surface area (Å²) in [5, 5.41) is 0. The Bertz CT molecular complexity index is 540. The summed E-state index contributed by atoms with van der Waals surface area (Å²) in [4.78, 5) is 11.7. The van der Waals surface area contributed by atoms with Crippen molar-refractivity contribution in [2.24, 2.45) is 5.92 Å². The summed E-state index contributed by atoms with van der Waals surface area (Å²) >= 11 is 0. The second-order valence-corrected chi connectivity index (χ2v) is 7.25. The number of hydrogen-bond donors (Lipinski definition) is 1. The number of benzene rings is 1. The molecule has 0 radical (unpaired) electrons. The number of nitrogens with one attached hydrogen (secondary N) is 1. The molecule has 1 aromatic rings. The van der Waals surface area contributed by atoms with Crippen molar-refractivity contribution in [3.8, 4) is 0 Å². The Hall–Kier alpha value is -1.40. The SMILES string of the molecule is COC(=O)C(CC(C)C)NS(=O)(=O)CCc1ccccc1. The molecule has 1 rings (SSSR count). The zero-order chi connectivity index (χ0) is 15.9. The van der Waals surface area contributed by atoms with Gasteiger partial charge < -0.3 is 4.74 Å². The van der Waals surface area contributed by atoms with Gasteiger partial charge in [-0.25, -0.2) is 13.1 Å². The first-order valence-corrected chi connectivity index (χ1v) is 8.61. The second kappa shape index (κ2) is 8.14. The molecule has 1 N–H and O–H groups in total. The molecule has 21 heavy (non-hydrogen) atoms. The fourth-order valence-corrected chi connectivity index (χ4v) is 3.23. The molecule has 0 bridgehead atoms. The second-order valence-electron chi connectivity index (χ2n) is 5.38. The zero-order valence-electron chi connectivity index (χ0n) is 12.7. The molecule has 1 unspecified atom stereocenters. The van der Waals surface area contributed by atoms with Gasteiger partial charge in [-0.15, -0.1) is 0 Å². The summed E-state index contributed by atoms with van der Waals surface area (Å²) in [6.45, 7) is 3.85. The first kappa shape index (κ1) is 17.7. The summed E-state index contributed by atoms with van der Waals surface area (Å²) in [6, 6.07) is 8.54. The highest BCUT2D eigenvalue weighted by atomic mass is 32.2. The molecule has 0 saturated heterocycles. The quantitative estimate of drug-likeness (QED) is 0.742. The molecule has 0 aromatic heterocycles. The summed E-state index contributed by atoms with van der Waals surface area (Å²) in [5.74, 6) is -0.416. The first-order chi connectivity index (χ1) is 9.84. The van der Waals surface area contributed by atoms with Gasteiger partial charge in [-0.05, 0) is 24.3 Å². The van der Waals surface area contributed by atoms with E-state index in [9.17, 15) is 13.2 Å². The minimum atomic E-state index is -3.53. The maximum atomic E-state index is 12.1. The number of carbonyl (C=O) groups is 1. The van der Waals surface area contributed by atoms with Crippen LogP contribution in [0.3, 0.4) is 0 Å². The van der Waals surface area contributed by atoms with E-state index in [0.717, 1.165) is 5.56 Å². The van der Waals surface area contributed by atoms with Crippen LogP contribution in [0.25, 0.3) is 0 Å². The molecule has 0 fully saturated rings. The molecule has 0 aliphatic carbocycles. The lowest BCUT2D eigenvalue weighted by Crippen LogP contribution is -2.43. The highest BCUT2D eigenvalue weighted by Gasteiger charge is 2.25. The summed E-state index contributed by atoms with van der Waals surface area (Å²) < 4.78 is 31.3. The van der Waals surface area contributed by atoms with Crippen molar-refractivity contribution >= 4 is 16.0 Å². The number of esters is 1. The van der Waals surface area contributed by atoms with E-state index in [1.165, 1.54) is 7.11 Å². The fourth-order valence-electron chi connectivity index (χ4n) is 1.98. The third-order valence-corrected chi connectivity index (χ3v) is 4.40. The first-order valence-electron chi connectivity index (χ1n) is 6.96. The monoisotopic (exact) mass is 313 g/mol. The Balaban J connectivity index is 2.65. The van der Waals surface area contributed by atoms with Gasteiger partial charge in [0, 0.05) is 0 Å². The van der Waals surface area contributed by atoms with Crippen LogP contribution in [0.4, 0.5) is 0 Å². The van der Waals surface area contributed by atoms with Gasteiger partial charge in [-0.2, -0.15) is 0 Å². The van der Waals surface area contributed by atoms with Gasteiger partial charge in [0.15, 0.2) is 0 Å². The molecule has 0 saturated carbocycles. The number of hydrogen-bond acceptors (Lipinski definition) is 4. The van der Waals surface area contributed by atoms with Crippen molar-refractivity contribution in [1.82, 2.24) is 4.72 Å². The van der Waals surface area contributed by atoms with Crippen molar-refractivity contribution in [2.45, 2.75) is 32.7 Å². The lowest BCUT2D eigenvalue weighted by molar-refractivity contribution is -0.143. The van der Waals surface area contributed by atoms with Crippen molar-refractivity contribution < 1.29 is 17.9 Å². The van der Waals surface area contributed by atoms with E-state index in [1.54, 1.807) is 0 Å². The Kier molecular flexibility index (Phi) is 6.84. The molecule has 5 nitrogen and oxygen atoms in total. The standard InChI is InChI=1S/C15H23NO4S/c1-12(2)11-14(15(17)20-3)16-21(18,19)10-9-13-7-5-4-6-8-13/h4-8,12,14,16H,9-11H2,1-3H3. The van der Waals surface area contributed by atoms with Crippen LogP contribution in [-0.2, 0) is 26.0 Å². The predicted octanol–water partition coefficient (Wildman–Crippen LogP) is 1.74. The molecule has 6 heteroatoms. The van der Waals surface area contributed by atoms with Gasteiger partial charge in [-0.1, -0.05) is 44.2 Å². The van der Waals surface area contributed by atoms with Crippen molar-refractivity contribution in [1.29, 1.82) is 0 Å². The van der Waals surface area contributed by atoms with E-state index in [4.69, 9.17) is 0 Å². The number of carbonyl (C=O) groups excluding carboxylic acids is 1. The van der Waals surface area contributed by atoms with Crippen LogP contribution in [-0.4, -0.2) is 33.3 Å². The molecule has 0 amide bonds. The highest BCUT2D eigenvalue weighted by molar-refractivity contribution is 7.89. The molecule has 0 aliphatic heterocycles. The van der Waals surface area contributed by atoms with Crippen LogP contribution in [0, 0.1) is 5.92 Å². The highest BCUT2D eigenvalue weighted by Crippen LogP contribution is 2.09. The van der Waals surface area contributed by atoms with Gasteiger partial charge in [0.05, 0.1) is 12.9 Å². The van der Waals surface area contributed by atoms with Crippen LogP contribution in [0.1, 0.15) is 25.8 Å². The molecule has 118 valence electrons. The van der Waals surface area contributed by atoms with E-state index in [0.29, 0.717) is 12.8 Å². The van der Waals surface area contributed by atoms with Gasteiger partial charge >= 0.3 is 5.97 Å². The Labute approximate surface area is 126 Å². The molecule has 0 heterocycles. The zero-order valence-corrected chi connectivity index (χ0v) is 13.5. The van der Waals surface area contributed by atoms with Crippen molar-refractivity contribution in [3.05, 3.63) is 35.9 Å². The van der Waals surface area contributed by atoms with E-state index in [1.807, 2.05) is 44.2 Å². The number of ether oxygens (including phenoxy) is 1. The number of rotatable bonds is 8. The average Bonchev–Trinajstić information content (AvgIpc) is 2.44. The van der Waals surface area contributed by atoms with Crippen molar-refractivity contribution in [3.63, 3.8) is 0 Å². The Morgan fingerprint density at radius 3 is 2.38 bits per heavy atom. The van der Waals surface area contributed by atoms with Gasteiger partial charge in [0.2, 0.25) is 10.0 Å². The topological polar surface area (TPSA) is 72.5 Å². The summed E-state index contributed by atoms with van der Waals surface area (Å²) in [5.41, 5.74) is 0.946. The van der Waals surface area contributed by atoms with Gasteiger partial charge in [0.1, 0.15) is 6.04 Å². The van der Waals surface area contributed by atoms with E-state index < -0.39 is 22.0 Å². The summed E-state index contributed by atoms with van der Waals surface area (Å²) in [7, 11) is -2.27. The third-order valence-electron chi connectivity index (χ3n) is 3.02. The van der Waals surface area contributed by atoms with Gasteiger partial charge in [0.25, 0.3) is 0 Å². The largest absolute Gasteiger partial charge is 0.468 e. The average molecular weight is 313 g/mol. The minimum absolute atomic E-state index is 0.0530. The van der Waals surface area contributed by atoms with Gasteiger partial charge in [-0.3, -0.25) is 4.79 Å². The predicted molar refractivity (Wildman–Crippen MR) is 82.3 cm³/mol. The number of aryl methyl sites for hydroxylation is 1. The minimum Gasteiger partial charge on any atom is -0.468 e. The summed E-state index contributed by atoms with van der Waals surface area (Å²) in [6.07, 6.45) is 0.822. The molecular weight excluding hydrogens is 290 g/mol. The Morgan fingerprint density at radius 2 is 1.86 bits per heavy atom. The molecule has 1 aromatic carbocycles. The number of sulfonamides is 1. The lowest BCUT2D eigenvalue weighted by atomic mass is 10.1. The fraction of sp³-hybridized carbons (Fsp3) is 0.533. The molecular formula is C15H23NO4S. The normalized spacial score (nSPS) is 13.1. The number of methoxy groups -OCH3 is 1. The van der Waals surface area contributed by atoms with Crippen LogP contribution in [0.2, 0.25) is 0 Å². The van der Waals surface area contributed by atoms with E-state index >= 15 is 0 Å². The Morgan fingerprint density at radius 1 is 1.24 bits per heavy atom. The third kappa shape index (κ3) is 6.73. The smallest absolute Gasteiger partial charge is 0.323 e.